The number of hydrogen-bond acceptors (Lipinski definition) is 5. The van der Waals surface area contributed by atoms with Crippen LogP contribution in [0.25, 0.3) is 10.9 Å². The van der Waals surface area contributed by atoms with Crippen molar-refractivity contribution < 1.29 is 0 Å². The van der Waals surface area contributed by atoms with Crippen LogP contribution in [0.4, 0.5) is 5.69 Å². The molecule has 0 fully saturated rings. The number of H-pyrrole nitrogens is 1. The molecule has 2 aromatic carbocycles. The van der Waals surface area contributed by atoms with E-state index < -0.39 is 6.04 Å². The summed E-state index contributed by atoms with van der Waals surface area (Å²) >= 11 is 0. The number of pyridine rings is 1. The molecule has 0 saturated carbocycles. The fourth-order valence-corrected chi connectivity index (χ4v) is 4.72. The lowest BCUT2D eigenvalue weighted by molar-refractivity contribution is 0.287. The minimum Gasteiger partial charge on any atom is -0.357 e. The van der Waals surface area contributed by atoms with E-state index in [1.54, 1.807) is 0 Å². The Kier molecular flexibility index (Phi) is 5.27. The van der Waals surface area contributed by atoms with E-state index in [1.807, 2.05) is 22.9 Å². The largest absolute Gasteiger partial charge is 0.357 e. The molecule has 0 amide bonds. The van der Waals surface area contributed by atoms with Crippen LogP contribution in [0.3, 0.4) is 0 Å². The second kappa shape index (κ2) is 8.14. The van der Waals surface area contributed by atoms with Crippen molar-refractivity contribution in [2.75, 3.05) is 11.4 Å². The minimum atomic E-state index is -0.395. The molecule has 7 nitrogen and oxygen atoms in total. The topological polar surface area (TPSA) is 79.7 Å². The first kappa shape index (κ1) is 21.4. The van der Waals surface area contributed by atoms with Crippen molar-refractivity contribution in [3.05, 3.63) is 81.4 Å². The van der Waals surface area contributed by atoms with Gasteiger partial charge in [0.05, 0.1) is 5.54 Å². The van der Waals surface area contributed by atoms with Gasteiger partial charge in [-0.05, 0) is 84.3 Å². The van der Waals surface area contributed by atoms with Crippen LogP contribution >= 0.6 is 0 Å². The number of fused-ring (bicyclic) bond motifs is 2. The molecule has 3 heterocycles. The van der Waals surface area contributed by atoms with Gasteiger partial charge in [0.15, 0.2) is 5.82 Å². The molecule has 1 aliphatic heterocycles. The molecule has 0 unspecified atom stereocenters. The maximum Gasteiger partial charge on any atom is 0.254 e. The fraction of sp³-hybridized carbons (Fsp3) is 0.385. The molecule has 2 aromatic heterocycles. The number of nitrogens with one attached hydrogen (secondary N) is 1. The summed E-state index contributed by atoms with van der Waals surface area (Å²) in [5, 5.41) is 13.9. The Balaban J connectivity index is 1.75. The number of aryl methyl sites for hydroxylation is 1. The Morgan fingerprint density at radius 3 is 2.73 bits per heavy atom. The average Bonchev–Trinajstić information content (AvgIpc) is 3.48. The number of benzene rings is 2. The third kappa shape index (κ3) is 3.61. The standard InChI is InChI=1S/C26H30N6O/c1-5-17-11-12-21-19(15-17)16-20(25(33)27-21)23(24-28-29-30-32(24)26(3,4)6-2)31-14-13-18-9-7-8-10-22(18)31/h7-12,15-16,23H,5-6,13-14H2,1-4H3,(H,27,33)/t23-/m0/s1. The van der Waals surface area contributed by atoms with Crippen LogP contribution in [0.1, 0.15) is 62.7 Å². The van der Waals surface area contributed by atoms with Crippen molar-refractivity contribution in [3.63, 3.8) is 0 Å². The summed E-state index contributed by atoms with van der Waals surface area (Å²) in [4.78, 5) is 18.9. The number of hydrogen-bond donors (Lipinski definition) is 1. The molecule has 4 aromatic rings. The van der Waals surface area contributed by atoms with E-state index in [0.717, 1.165) is 42.4 Å². The predicted molar refractivity (Wildman–Crippen MR) is 131 cm³/mol. The van der Waals surface area contributed by atoms with Crippen molar-refractivity contribution in [3.8, 4) is 0 Å². The summed E-state index contributed by atoms with van der Waals surface area (Å²) in [7, 11) is 0. The monoisotopic (exact) mass is 442 g/mol. The van der Waals surface area contributed by atoms with E-state index in [9.17, 15) is 4.79 Å². The molecule has 0 radical (unpaired) electrons. The third-order valence-corrected chi connectivity index (χ3v) is 7.05. The van der Waals surface area contributed by atoms with Gasteiger partial charge in [0.1, 0.15) is 6.04 Å². The molecule has 0 saturated heterocycles. The number of aromatic nitrogens is 5. The van der Waals surface area contributed by atoms with E-state index in [2.05, 4.69) is 83.4 Å². The first-order chi connectivity index (χ1) is 15.9. The summed E-state index contributed by atoms with van der Waals surface area (Å²) < 4.78 is 1.89. The van der Waals surface area contributed by atoms with Crippen LogP contribution in [0.2, 0.25) is 0 Å². The van der Waals surface area contributed by atoms with Gasteiger partial charge in [-0.2, -0.15) is 0 Å². The van der Waals surface area contributed by atoms with Crippen LogP contribution in [-0.2, 0) is 18.4 Å². The highest BCUT2D eigenvalue weighted by atomic mass is 16.1. The molecule has 1 N–H and O–H groups in total. The zero-order valence-electron chi connectivity index (χ0n) is 19.7. The summed E-state index contributed by atoms with van der Waals surface area (Å²) in [6.07, 6.45) is 2.73. The van der Waals surface area contributed by atoms with Gasteiger partial charge in [0.25, 0.3) is 5.56 Å². The summed E-state index contributed by atoms with van der Waals surface area (Å²) in [6, 6.07) is 16.2. The van der Waals surface area contributed by atoms with Crippen molar-refractivity contribution in [1.29, 1.82) is 0 Å². The zero-order valence-corrected chi connectivity index (χ0v) is 19.7. The average molecular weight is 443 g/mol. The second-order valence-electron chi connectivity index (χ2n) is 9.42. The number of aromatic amines is 1. The molecular formula is C26H30N6O. The van der Waals surface area contributed by atoms with Gasteiger partial charge in [0.2, 0.25) is 0 Å². The predicted octanol–water partition coefficient (Wildman–Crippen LogP) is 4.37. The van der Waals surface area contributed by atoms with E-state index in [1.165, 1.54) is 11.1 Å². The molecule has 0 spiro atoms. The highest BCUT2D eigenvalue weighted by Gasteiger charge is 2.36. The quantitative estimate of drug-likeness (QED) is 0.480. The molecule has 1 atom stereocenters. The number of nitrogens with zero attached hydrogens (tertiary/aromatic N) is 5. The normalized spacial score (nSPS) is 14.6. The van der Waals surface area contributed by atoms with Gasteiger partial charge < -0.3 is 9.88 Å². The second-order valence-corrected chi connectivity index (χ2v) is 9.42. The Labute approximate surface area is 193 Å². The lowest BCUT2D eigenvalue weighted by Crippen LogP contribution is -2.37. The first-order valence-corrected chi connectivity index (χ1v) is 11.7. The maximum absolute atomic E-state index is 13.5. The van der Waals surface area contributed by atoms with Gasteiger partial charge >= 0.3 is 0 Å². The van der Waals surface area contributed by atoms with Gasteiger partial charge in [-0.1, -0.05) is 38.1 Å². The highest BCUT2D eigenvalue weighted by Crippen LogP contribution is 2.38. The fourth-order valence-electron chi connectivity index (χ4n) is 4.72. The highest BCUT2D eigenvalue weighted by molar-refractivity contribution is 5.80. The minimum absolute atomic E-state index is 0.106. The number of tetrazole rings is 1. The van der Waals surface area contributed by atoms with Crippen LogP contribution < -0.4 is 10.5 Å². The third-order valence-electron chi connectivity index (χ3n) is 7.05. The van der Waals surface area contributed by atoms with E-state index in [4.69, 9.17) is 0 Å². The van der Waals surface area contributed by atoms with E-state index >= 15 is 0 Å². The number of para-hydroxylation sites is 1. The Morgan fingerprint density at radius 2 is 1.94 bits per heavy atom. The smallest absolute Gasteiger partial charge is 0.254 e. The molecule has 33 heavy (non-hydrogen) atoms. The molecule has 5 rings (SSSR count). The summed E-state index contributed by atoms with van der Waals surface area (Å²) in [5.41, 5.74) is 4.76. The molecule has 170 valence electrons. The number of anilines is 1. The Morgan fingerprint density at radius 1 is 1.12 bits per heavy atom. The van der Waals surface area contributed by atoms with Crippen LogP contribution in [0, 0.1) is 0 Å². The van der Waals surface area contributed by atoms with Gasteiger partial charge in [-0.25, -0.2) is 4.68 Å². The molecule has 1 aliphatic rings. The summed E-state index contributed by atoms with van der Waals surface area (Å²) in [6.45, 7) is 9.31. The van der Waals surface area contributed by atoms with E-state index in [-0.39, 0.29) is 11.1 Å². The Bertz CT molecular complexity index is 1370. The van der Waals surface area contributed by atoms with E-state index in [0.29, 0.717) is 11.4 Å². The van der Waals surface area contributed by atoms with Crippen molar-refractivity contribution in [2.24, 2.45) is 0 Å². The maximum atomic E-state index is 13.5. The molecule has 7 heteroatoms. The van der Waals surface area contributed by atoms with Crippen LogP contribution in [0.15, 0.2) is 53.3 Å². The van der Waals surface area contributed by atoms with Gasteiger partial charge in [-0.3, -0.25) is 4.79 Å². The first-order valence-electron chi connectivity index (χ1n) is 11.7. The number of rotatable bonds is 6. The zero-order chi connectivity index (χ0) is 23.2. The van der Waals surface area contributed by atoms with Crippen molar-refractivity contribution in [2.45, 2.75) is 58.5 Å². The molecule has 0 bridgehead atoms. The summed E-state index contributed by atoms with van der Waals surface area (Å²) in [5.74, 6) is 0.690. The Hall–Kier alpha value is -3.48. The lowest BCUT2D eigenvalue weighted by Gasteiger charge is -2.32. The molecular weight excluding hydrogens is 412 g/mol. The van der Waals surface area contributed by atoms with Crippen molar-refractivity contribution in [1.82, 2.24) is 25.2 Å². The SMILES string of the molecule is CCc1ccc2[nH]c(=O)c([C@@H](c3nnnn3C(C)(C)CC)N3CCc4ccccc43)cc2c1. The van der Waals surface area contributed by atoms with Crippen molar-refractivity contribution >= 4 is 16.6 Å². The van der Waals surface area contributed by atoms with Gasteiger partial charge in [-0.15, -0.1) is 5.10 Å². The molecule has 0 aliphatic carbocycles. The van der Waals surface area contributed by atoms with Crippen LogP contribution in [-0.4, -0.2) is 31.7 Å². The lowest BCUT2D eigenvalue weighted by atomic mass is 9.98. The van der Waals surface area contributed by atoms with Gasteiger partial charge in [0, 0.05) is 23.3 Å². The van der Waals surface area contributed by atoms with Crippen LogP contribution in [0.5, 0.6) is 0 Å².